The summed E-state index contributed by atoms with van der Waals surface area (Å²) in [6.45, 7) is 9.76. The Kier molecular flexibility index (Phi) is 6.73. The predicted octanol–water partition coefficient (Wildman–Crippen LogP) is 2.09. The zero-order valence-corrected chi connectivity index (χ0v) is 12.2. The summed E-state index contributed by atoms with van der Waals surface area (Å²) in [5, 5.41) is 14.7. The van der Waals surface area contributed by atoms with Crippen LogP contribution in [0.15, 0.2) is 5.16 Å². The van der Waals surface area contributed by atoms with Crippen LogP contribution in [0.2, 0.25) is 0 Å². The third-order valence-corrected chi connectivity index (χ3v) is 4.00. The lowest BCUT2D eigenvalue weighted by Gasteiger charge is -2.30. The van der Waals surface area contributed by atoms with E-state index in [1.54, 1.807) is 6.92 Å². The normalized spacial score (nSPS) is 17.3. The molecule has 0 aromatic carbocycles. The molecule has 4 N–H and O–H groups in total. The molecule has 0 aliphatic heterocycles. The fourth-order valence-corrected chi connectivity index (χ4v) is 2.05. The van der Waals surface area contributed by atoms with Gasteiger partial charge in [0.05, 0.1) is 0 Å². The zero-order valence-electron chi connectivity index (χ0n) is 12.2. The highest BCUT2D eigenvalue weighted by molar-refractivity contribution is 6.06. The maximum atomic E-state index is 12.3. The number of amidine groups is 1. The number of carbonyl (C=O) groups is 1. The molecule has 0 aromatic rings. The molecule has 5 heteroatoms. The molecule has 0 heterocycles. The van der Waals surface area contributed by atoms with Crippen molar-refractivity contribution in [1.82, 2.24) is 5.32 Å². The van der Waals surface area contributed by atoms with Gasteiger partial charge in [0.15, 0.2) is 5.84 Å². The van der Waals surface area contributed by atoms with E-state index in [9.17, 15) is 4.79 Å². The van der Waals surface area contributed by atoms with Crippen LogP contribution in [-0.4, -0.2) is 23.0 Å². The van der Waals surface area contributed by atoms with E-state index in [0.717, 1.165) is 12.8 Å². The molecule has 0 bridgehead atoms. The summed E-state index contributed by atoms with van der Waals surface area (Å²) in [4.78, 5) is 12.3. The topological polar surface area (TPSA) is 87.7 Å². The van der Waals surface area contributed by atoms with Crippen molar-refractivity contribution in [2.45, 2.75) is 59.9 Å². The molecule has 0 saturated carbocycles. The van der Waals surface area contributed by atoms with Gasteiger partial charge in [-0.05, 0) is 26.2 Å². The zero-order chi connectivity index (χ0) is 14.3. The van der Waals surface area contributed by atoms with Crippen LogP contribution in [0.3, 0.4) is 0 Å². The van der Waals surface area contributed by atoms with Gasteiger partial charge in [0.1, 0.15) is 5.41 Å². The van der Waals surface area contributed by atoms with Crippen molar-refractivity contribution in [2.24, 2.45) is 22.2 Å². The van der Waals surface area contributed by atoms with Crippen LogP contribution in [0.1, 0.15) is 53.9 Å². The summed E-state index contributed by atoms with van der Waals surface area (Å²) in [5.41, 5.74) is 4.67. The Hall–Kier alpha value is -1.26. The second kappa shape index (κ2) is 7.24. The van der Waals surface area contributed by atoms with Crippen molar-refractivity contribution in [3.05, 3.63) is 0 Å². The molecule has 5 nitrogen and oxygen atoms in total. The Labute approximate surface area is 110 Å². The molecule has 0 fully saturated rings. The van der Waals surface area contributed by atoms with Crippen molar-refractivity contribution in [3.63, 3.8) is 0 Å². The summed E-state index contributed by atoms with van der Waals surface area (Å²) in [7, 11) is 0. The first-order chi connectivity index (χ1) is 8.37. The number of nitrogens with two attached hydrogens (primary N) is 1. The Morgan fingerprint density at radius 2 is 1.89 bits per heavy atom. The smallest absolute Gasteiger partial charge is 0.233 e. The average molecular weight is 257 g/mol. The van der Waals surface area contributed by atoms with E-state index >= 15 is 0 Å². The number of hydrogen-bond acceptors (Lipinski definition) is 3. The number of amides is 1. The Balaban J connectivity index is 4.84. The molecular weight excluding hydrogens is 230 g/mol. The first-order valence-corrected chi connectivity index (χ1v) is 6.66. The molecule has 0 aliphatic carbocycles. The van der Waals surface area contributed by atoms with Crippen LogP contribution in [-0.2, 0) is 4.79 Å². The van der Waals surface area contributed by atoms with Crippen molar-refractivity contribution in [1.29, 1.82) is 0 Å². The third-order valence-electron chi connectivity index (χ3n) is 4.00. The van der Waals surface area contributed by atoms with Crippen LogP contribution in [0.5, 0.6) is 0 Å². The van der Waals surface area contributed by atoms with Gasteiger partial charge in [-0.3, -0.25) is 4.79 Å². The maximum Gasteiger partial charge on any atom is 0.233 e. The van der Waals surface area contributed by atoms with E-state index in [1.807, 2.05) is 13.8 Å². The molecule has 0 aromatic heterocycles. The second-order valence-electron chi connectivity index (χ2n) is 5.01. The molecule has 2 atom stereocenters. The highest BCUT2D eigenvalue weighted by Gasteiger charge is 2.37. The van der Waals surface area contributed by atoms with Crippen LogP contribution in [0, 0.1) is 11.3 Å². The molecule has 0 rings (SSSR count). The number of hydrogen-bond donors (Lipinski definition) is 3. The van der Waals surface area contributed by atoms with Gasteiger partial charge in [-0.25, -0.2) is 0 Å². The van der Waals surface area contributed by atoms with Crippen LogP contribution < -0.4 is 11.1 Å². The van der Waals surface area contributed by atoms with Gasteiger partial charge >= 0.3 is 0 Å². The molecule has 18 heavy (non-hydrogen) atoms. The first kappa shape index (κ1) is 16.7. The van der Waals surface area contributed by atoms with Gasteiger partial charge in [-0.2, -0.15) is 0 Å². The highest BCUT2D eigenvalue weighted by atomic mass is 16.4. The monoisotopic (exact) mass is 257 g/mol. The largest absolute Gasteiger partial charge is 0.409 e. The first-order valence-electron chi connectivity index (χ1n) is 6.66. The molecule has 2 unspecified atom stereocenters. The van der Waals surface area contributed by atoms with E-state index in [1.165, 1.54) is 0 Å². The fourth-order valence-electron chi connectivity index (χ4n) is 2.05. The minimum Gasteiger partial charge on any atom is -0.409 e. The minimum atomic E-state index is -0.949. The summed E-state index contributed by atoms with van der Waals surface area (Å²) in [6.07, 6.45) is 2.53. The van der Waals surface area contributed by atoms with Gasteiger partial charge in [0.2, 0.25) is 5.91 Å². The molecule has 0 aliphatic rings. The maximum absolute atomic E-state index is 12.3. The number of nitrogens with zero attached hydrogens (tertiary/aromatic N) is 1. The van der Waals surface area contributed by atoms with Crippen LogP contribution in [0.25, 0.3) is 0 Å². The molecule has 0 radical (unpaired) electrons. The molecule has 1 amide bonds. The van der Waals surface area contributed by atoms with E-state index in [4.69, 9.17) is 10.9 Å². The highest BCUT2D eigenvalue weighted by Crippen LogP contribution is 2.23. The van der Waals surface area contributed by atoms with Crippen molar-refractivity contribution < 1.29 is 10.0 Å². The quantitative estimate of drug-likeness (QED) is 0.282. The predicted molar refractivity (Wildman–Crippen MR) is 73.5 cm³/mol. The second-order valence-corrected chi connectivity index (χ2v) is 5.01. The summed E-state index contributed by atoms with van der Waals surface area (Å²) < 4.78 is 0. The molecule has 0 saturated heterocycles. The van der Waals surface area contributed by atoms with E-state index < -0.39 is 5.41 Å². The Bertz CT molecular complexity index is 301. The Morgan fingerprint density at radius 3 is 2.22 bits per heavy atom. The van der Waals surface area contributed by atoms with E-state index in [0.29, 0.717) is 12.3 Å². The van der Waals surface area contributed by atoms with Gasteiger partial charge in [-0.1, -0.05) is 38.8 Å². The minimum absolute atomic E-state index is 0.0424. The summed E-state index contributed by atoms with van der Waals surface area (Å²) in [5.74, 6) is 0.223. The summed E-state index contributed by atoms with van der Waals surface area (Å²) in [6, 6.07) is 0.0878. The van der Waals surface area contributed by atoms with Crippen LogP contribution in [0.4, 0.5) is 0 Å². The lowest BCUT2D eigenvalue weighted by atomic mass is 9.84. The van der Waals surface area contributed by atoms with Crippen molar-refractivity contribution in [2.75, 3.05) is 0 Å². The molecule has 0 spiro atoms. The number of oxime groups is 1. The fraction of sp³-hybridized carbons (Fsp3) is 0.846. The molecular formula is C13H27N3O2. The SMILES string of the molecule is CCC(CC)C(C)NC(=O)C(C)(CC)C(N)=NO. The van der Waals surface area contributed by atoms with Crippen molar-refractivity contribution >= 4 is 11.7 Å². The molecule has 106 valence electrons. The van der Waals surface area contributed by atoms with E-state index in [-0.39, 0.29) is 17.8 Å². The van der Waals surface area contributed by atoms with Gasteiger partial charge in [-0.15, -0.1) is 0 Å². The lowest BCUT2D eigenvalue weighted by Crippen LogP contribution is -2.51. The Morgan fingerprint density at radius 1 is 1.39 bits per heavy atom. The lowest BCUT2D eigenvalue weighted by molar-refractivity contribution is -0.128. The number of carbonyl (C=O) groups excluding carboxylic acids is 1. The number of rotatable bonds is 7. The van der Waals surface area contributed by atoms with Gasteiger partial charge in [0, 0.05) is 6.04 Å². The average Bonchev–Trinajstić information content (AvgIpc) is 2.37. The van der Waals surface area contributed by atoms with Gasteiger partial charge in [0.25, 0.3) is 0 Å². The third kappa shape index (κ3) is 3.62. The standard InChI is InChI=1S/C13H27N3O2/c1-6-10(7-2)9(4)15-12(17)13(5,8-3)11(14)16-18/h9-10,18H,6-8H2,1-5H3,(H2,14,16)(H,15,17). The van der Waals surface area contributed by atoms with Crippen molar-refractivity contribution in [3.8, 4) is 0 Å². The number of nitrogens with one attached hydrogen (secondary N) is 1. The summed E-state index contributed by atoms with van der Waals surface area (Å²) >= 11 is 0. The van der Waals surface area contributed by atoms with E-state index in [2.05, 4.69) is 24.3 Å². The van der Waals surface area contributed by atoms with Gasteiger partial charge < -0.3 is 16.3 Å². The van der Waals surface area contributed by atoms with Crippen LogP contribution >= 0.6 is 0 Å².